The molecule has 3 aromatic rings. The molecule has 1 aliphatic rings. The number of thiazole rings is 1. The molecule has 1 aliphatic heterocycles. The van der Waals surface area contributed by atoms with Crippen LogP contribution >= 0.6 is 23.7 Å². The van der Waals surface area contributed by atoms with Gasteiger partial charge in [-0.2, -0.15) is 4.31 Å². The highest BCUT2D eigenvalue weighted by atomic mass is 35.5. The number of para-hydroxylation sites is 1. The Morgan fingerprint density at radius 3 is 2.18 bits per heavy atom. The van der Waals surface area contributed by atoms with Crippen molar-refractivity contribution >= 4 is 64.9 Å². The number of nitrogens with zero attached hydrogens (tertiary/aromatic N) is 4. The van der Waals surface area contributed by atoms with Gasteiger partial charge in [-0.05, 0) is 68.8 Å². The minimum absolute atomic E-state index is 0. The van der Waals surface area contributed by atoms with Crippen LogP contribution in [-0.4, -0.2) is 83.5 Å². The molecule has 13 heteroatoms. The van der Waals surface area contributed by atoms with E-state index in [1.54, 1.807) is 12.1 Å². The number of anilines is 1. The van der Waals surface area contributed by atoms with Gasteiger partial charge in [0.25, 0.3) is 5.91 Å². The molecule has 1 fully saturated rings. The Kier molecular flexibility index (Phi) is 9.83. The smallest absolute Gasteiger partial charge is 0.260 e. The summed E-state index contributed by atoms with van der Waals surface area (Å²) >= 11 is 1.25. The van der Waals surface area contributed by atoms with Crippen LogP contribution in [-0.2, 0) is 19.9 Å². The van der Waals surface area contributed by atoms with E-state index in [4.69, 9.17) is 0 Å². The van der Waals surface area contributed by atoms with Crippen molar-refractivity contribution in [3.05, 3.63) is 48.0 Å². The summed E-state index contributed by atoms with van der Waals surface area (Å²) in [7, 11) is -3.38. The van der Waals surface area contributed by atoms with Gasteiger partial charge in [0.05, 0.1) is 14.5 Å². The van der Waals surface area contributed by atoms with E-state index < -0.39 is 19.9 Å². The molecule has 2 heterocycles. The average Bonchev–Trinajstić information content (AvgIpc) is 3.26. The first kappa shape index (κ1) is 31.4. The highest BCUT2D eigenvalue weighted by molar-refractivity contribution is 7.91. The molecule has 2 unspecified atom stereocenters. The molecule has 0 bridgehead atoms. The van der Waals surface area contributed by atoms with E-state index in [2.05, 4.69) is 18.8 Å². The van der Waals surface area contributed by atoms with Gasteiger partial charge in [-0.25, -0.2) is 21.8 Å². The molecule has 4 rings (SSSR count). The predicted octanol–water partition coefficient (Wildman–Crippen LogP) is 4.00. The fourth-order valence-electron chi connectivity index (χ4n) is 4.79. The van der Waals surface area contributed by atoms with Gasteiger partial charge in [-0.3, -0.25) is 9.69 Å². The molecule has 0 N–H and O–H groups in total. The molecule has 214 valence electrons. The number of carbonyl (C=O) groups excluding carboxylic acids is 1. The van der Waals surface area contributed by atoms with Crippen LogP contribution in [0.15, 0.2) is 52.3 Å². The topological polar surface area (TPSA) is 108 Å². The van der Waals surface area contributed by atoms with Crippen molar-refractivity contribution in [2.24, 2.45) is 11.8 Å². The molecular formula is C26H35ClN4O5S3. The highest BCUT2D eigenvalue weighted by Crippen LogP contribution is 2.33. The van der Waals surface area contributed by atoms with Crippen LogP contribution in [0.25, 0.3) is 10.2 Å². The van der Waals surface area contributed by atoms with Crippen molar-refractivity contribution in [2.75, 3.05) is 51.4 Å². The monoisotopic (exact) mass is 614 g/mol. The second kappa shape index (κ2) is 12.2. The Labute approximate surface area is 241 Å². The van der Waals surface area contributed by atoms with Gasteiger partial charge in [-0.15, -0.1) is 12.4 Å². The molecule has 39 heavy (non-hydrogen) atoms. The SMILES string of the molecule is CC1CC(C)CN(S(=O)(=O)c2ccc(C(=O)N(CCN(C)C)c3nc4c(S(C)(=O)=O)cccc4s3)cc2)C1.Cl. The Morgan fingerprint density at radius 2 is 1.62 bits per heavy atom. The van der Waals surface area contributed by atoms with Crippen LogP contribution in [0, 0.1) is 11.8 Å². The first-order chi connectivity index (χ1) is 17.8. The highest BCUT2D eigenvalue weighted by Gasteiger charge is 2.32. The van der Waals surface area contributed by atoms with Gasteiger partial charge in [-0.1, -0.05) is 31.3 Å². The lowest BCUT2D eigenvalue weighted by Crippen LogP contribution is -2.42. The van der Waals surface area contributed by atoms with E-state index in [1.807, 2.05) is 19.0 Å². The van der Waals surface area contributed by atoms with Crippen LogP contribution in [0.3, 0.4) is 0 Å². The average molecular weight is 615 g/mol. The van der Waals surface area contributed by atoms with E-state index in [-0.39, 0.29) is 39.9 Å². The molecule has 1 saturated heterocycles. The molecule has 2 atom stereocenters. The summed E-state index contributed by atoms with van der Waals surface area (Å²) in [5.74, 6) is 0.240. The number of aromatic nitrogens is 1. The summed E-state index contributed by atoms with van der Waals surface area (Å²) in [6.07, 6.45) is 2.14. The lowest BCUT2D eigenvalue weighted by Gasteiger charge is -2.34. The van der Waals surface area contributed by atoms with E-state index in [0.717, 1.165) is 12.7 Å². The molecule has 9 nitrogen and oxygen atoms in total. The van der Waals surface area contributed by atoms with Crippen LogP contribution in [0.2, 0.25) is 0 Å². The third kappa shape index (κ3) is 6.98. The number of rotatable bonds is 8. The Bertz CT molecular complexity index is 1530. The minimum atomic E-state index is -3.67. The standard InChI is InChI=1S/C26H34N4O5S3.ClH/c1-18-15-19(2)17-29(16-18)38(34,35)21-11-9-20(10-12-21)25(31)30(14-13-28(3)4)26-27-24-22(36-26)7-6-8-23(24)37(5,32)33;/h6-12,18-19H,13-17H2,1-5H3;1H. The van der Waals surface area contributed by atoms with Crippen LogP contribution in [0.5, 0.6) is 0 Å². The zero-order chi connectivity index (χ0) is 27.8. The third-order valence-electron chi connectivity index (χ3n) is 6.59. The minimum Gasteiger partial charge on any atom is -0.308 e. The Morgan fingerprint density at radius 1 is 1.00 bits per heavy atom. The fraction of sp³-hybridized carbons (Fsp3) is 0.462. The number of fused-ring (bicyclic) bond motifs is 1. The molecule has 2 aromatic carbocycles. The predicted molar refractivity (Wildman–Crippen MR) is 158 cm³/mol. The lowest BCUT2D eigenvalue weighted by atomic mass is 9.94. The molecule has 0 saturated carbocycles. The number of sulfone groups is 1. The largest absolute Gasteiger partial charge is 0.308 e. The maximum atomic E-state index is 13.7. The molecule has 0 radical (unpaired) electrons. The van der Waals surface area contributed by atoms with Gasteiger partial charge in [0.15, 0.2) is 15.0 Å². The van der Waals surface area contributed by atoms with Crippen LogP contribution < -0.4 is 4.90 Å². The van der Waals surface area contributed by atoms with Gasteiger partial charge in [0.2, 0.25) is 10.0 Å². The number of carbonyl (C=O) groups is 1. The van der Waals surface area contributed by atoms with Crippen molar-refractivity contribution in [3.63, 3.8) is 0 Å². The molecule has 1 amide bonds. The van der Waals surface area contributed by atoms with Crippen molar-refractivity contribution in [1.29, 1.82) is 0 Å². The molecule has 1 aromatic heterocycles. The van der Waals surface area contributed by atoms with Crippen molar-refractivity contribution in [2.45, 2.75) is 30.1 Å². The second-order valence-electron chi connectivity index (χ2n) is 10.4. The van der Waals surface area contributed by atoms with E-state index in [9.17, 15) is 21.6 Å². The van der Waals surface area contributed by atoms with Crippen molar-refractivity contribution < 1.29 is 21.6 Å². The molecule has 0 spiro atoms. The number of hydrogen-bond donors (Lipinski definition) is 0. The first-order valence-corrected chi connectivity index (χ1v) is 16.6. The lowest BCUT2D eigenvalue weighted by molar-refractivity contribution is 0.0985. The van der Waals surface area contributed by atoms with Gasteiger partial charge in [0.1, 0.15) is 5.52 Å². The van der Waals surface area contributed by atoms with Crippen molar-refractivity contribution in [3.8, 4) is 0 Å². The van der Waals surface area contributed by atoms with Gasteiger partial charge in [0, 0.05) is 38.0 Å². The van der Waals surface area contributed by atoms with Crippen molar-refractivity contribution in [1.82, 2.24) is 14.2 Å². The number of likely N-dealkylation sites (N-methyl/N-ethyl adjacent to an activating group) is 1. The summed E-state index contributed by atoms with van der Waals surface area (Å²) in [5, 5.41) is 0.385. The van der Waals surface area contributed by atoms with Crippen LogP contribution in [0.4, 0.5) is 5.13 Å². The van der Waals surface area contributed by atoms with E-state index >= 15 is 0 Å². The summed E-state index contributed by atoms with van der Waals surface area (Å²) < 4.78 is 53.3. The maximum absolute atomic E-state index is 13.7. The Balaban J connectivity index is 0.00000420. The maximum Gasteiger partial charge on any atom is 0.260 e. The summed E-state index contributed by atoms with van der Waals surface area (Å²) in [4.78, 5) is 22.0. The molecule has 0 aliphatic carbocycles. The number of benzene rings is 2. The van der Waals surface area contributed by atoms with Crippen LogP contribution in [0.1, 0.15) is 30.6 Å². The first-order valence-electron chi connectivity index (χ1n) is 12.4. The second-order valence-corrected chi connectivity index (χ2v) is 15.4. The number of piperidine rings is 1. The van der Waals surface area contributed by atoms with Gasteiger partial charge < -0.3 is 4.90 Å². The Hall–Kier alpha value is -2.09. The summed E-state index contributed by atoms with van der Waals surface area (Å²) in [5.41, 5.74) is 0.662. The number of amides is 1. The van der Waals surface area contributed by atoms with E-state index in [1.165, 1.54) is 50.9 Å². The number of sulfonamides is 1. The number of hydrogen-bond acceptors (Lipinski definition) is 8. The normalized spacial score (nSPS) is 18.7. The third-order valence-corrected chi connectivity index (χ3v) is 10.6. The molecular weight excluding hydrogens is 580 g/mol. The summed E-state index contributed by atoms with van der Waals surface area (Å²) in [6.45, 7) is 5.96. The fourth-order valence-corrected chi connectivity index (χ4v) is 8.38. The zero-order valence-electron chi connectivity index (χ0n) is 22.7. The van der Waals surface area contributed by atoms with Gasteiger partial charge >= 0.3 is 0 Å². The summed E-state index contributed by atoms with van der Waals surface area (Å²) in [6, 6.07) is 11.0. The van der Waals surface area contributed by atoms with E-state index in [0.29, 0.717) is 47.1 Å². The quantitative estimate of drug-likeness (QED) is 0.377. The number of halogens is 1. The zero-order valence-corrected chi connectivity index (χ0v) is 26.0.